The van der Waals surface area contributed by atoms with Crippen LogP contribution in [-0.2, 0) is 10.9 Å². The molecule has 0 saturated heterocycles. The number of aliphatic hydroxyl groups excluding tert-OH is 1. The van der Waals surface area contributed by atoms with Gasteiger partial charge in [0.05, 0.1) is 18.8 Å². The van der Waals surface area contributed by atoms with Crippen LogP contribution in [0, 0.1) is 0 Å². The van der Waals surface area contributed by atoms with E-state index in [1.54, 1.807) is 4.90 Å². The minimum absolute atomic E-state index is 0.105. The third kappa shape index (κ3) is 4.15. The molecule has 4 nitrogen and oxygen atoms in total. The van der Waals surface area contributed by atoms with Gasteiger partial charge in [-0.1, -0.05) is 0 Å². The van der Waals surface area contributed by atoms with Crippen molar-refractivity contribution in [3.05, 3.63) is 23.9 Å². The van der Waals surface area contributed by atoms with Crippen molar-refractivity contribution < 1.29 is 23.0 Å². The molecule has 7 heteroatoms. The molecule has 0 fully saturated rings. The first-order valence-corrected chi connectivity index (χ1v) is 5.37. The van der Waals surface area contributed by atoms with Crippen LogP contribution in [0.1, 0.15) is 5.56 Å². The second-order valence-corrected chi connectivity index (χ2v) is 3.61. The van der Waals surface area contributed by atoms with Crippen molar-refractivity contribution in [1.82, 2.24) is 4.98 Å². The van der Waals surface area contributed by atoms with E-state index in [9.17, 15) is 13.2 Å². The highest BCUT2D eigenvalue weighted by molar-refractivity contribution is 5.39. The van der Waals surface area contributed by atoms with Crippen LogP contribution >= 0.6 is 0 Å². The molecule has 0 atom stereocenters. The van der Waals surface area contributed by atoms with Gasteiger partial charge in [0, 0.05) is 26.4 Å². The van der Waals surface area contributed by atoms with Crippen molar-refractivity contribution in [3.63, 3.8) is 0 Å². The van der Waals surface area contributed by atoms with E-state index in [0.29, 0.717) is 25.5 Å². The molecule has 0 radical (unpaired) electrons. The quantitative estimate of drug-likeness (QED) is 0.846. The van der Waals surface area contributed by atoms with Crippen molar-refractivity contribution in [3.8, 4) is 0 Å². The van der Waals surface area contributed by atoms with E-state index in [0.717, 1.165) is 12.3 Å². The standard InChI is InChI=1S/C11H15F3N2O2/c1-18-7-5-16(4-6-17)10-3-2-9(8-15-10)11(12,13)14/h2-3,8,17H,4-7H2,1H3. The predicted octanol–water partition coefficient (Wildman–Crippen LogP) is 1.55. The molecule has 102 valence electrons. The molecule has 0 aromatic carbocycles. The molecule has 0 unspecified atom stereocenters. The second kappa shape index (κ2) is 6.55. The fourth-order valence-corrected chi connectivity index (χ4v) is 1.40. The molecule has 0 aliphatic carbocycles. The Kier molecular flexibility index (Phi) is 5.36. The fourth-order valence-electron chi connectivity index (χ4n) is 1.40. The second-order valence-electron chi connectivity index (χ2n) is 3.61. The number of ether oxygens (including phenoxy) is 1. The summed E-state index contributed by atoms with van der Waals surface area (Å²) in [6, 6.07) is 2.26. The van der Waals surface area contributed by atoms with Gasteiger partial charge < -0.3 is 14.7 Å². The normalized spacial score (nSPS) is 11.6. The van der Waals surface area contributed by atoms with Gasteiger partial charge in [-0.2, -0.15) is 13.2 Å². The van der Waals surface area contributed by atoms with Crippen molar-refractivity contribution in [2.24, 2.45) is 0 Å². The highest BCUT2D eigenvalue weighted by Crippen LogP contribution is 2.29. The summed E-state index contributed by atoms with van der Waals surface area (Å²) in [5, 5.41) is 8.89. The summed E-state index contributed by atoms with van der Waals surface area (Å²) in [5.74, 6) is 0.383. The van der Waals surface area contributed by atoms with Crippen molar-refractivity contribution in [2.45, 2.75) is 6.18 Å². The molecule has 1 heterocycles. The summed E-state index contributed by atoms with van der Waals surface area (Å²) in [5.41, 5.74) is -0.790. The van der Waals surface area contributed by atoms with Crippen molar-refractivity contribution >= 4 is 5.82 Å². The first-order chi connectivity index (χ1) is 8.49. The summed E-state index contributed by atoms with van der Waals surface area (Å²) in [6.07, 6.45) is -3.60. The molecule has 0 saturated carbocycles. The van der Waals surface area contributed by atoms with Gasteiger partial charge in [0.25, 0.3) is 0 Å². The van der Waals surface area contributed by atoms with Gasteiger partial charge in [-0.3, -0.25) is 0 Å². The number of hydrogen-bond donors (Lipinski definition) is 1. The number of aromatic nitrogens is 1. The third-order valence-corrected chi connectivity index (χ3v) is 2.33. The Labute approximate surface area is 103 Å². The lowest BCUT2D eigenvalue weighted by Gasteiger charge is -2.22. The zero-order valence-corrected chi connectivity index (χ0v) is 9.94. The molecular weight excluding hydrogens is 249 g/mol. The monoisotopic (exact) mass is 264 g/mol. The summed E-state index contributed by atoms with van der Waals surface area (Å²) in [7, 11) is 1.53. The number of anilines is 1. The molecule has 1 aromatic heterocycles. The SMILES string of the molecule is COCCN(CCO)c1ccc(C(F)(F)F)cn1. The van der Waals surface area contributed by atoms with Crippen molar-refractivity contribution in [1.29, 1.82) is 0 Å². The van der Waals surface area contributed by atoms with E-state index in [1.807, 2.05) is 0 Å². The number of halogens is 3. The maximum Gasteiger partial charge on any atom is 0.417 e. The van der Waals surface area contributed by atoms with Crippen LogP contribution < -0.4 is 4.90 Å². The summed E-state index contributed by atoms with van der Waals surface area (Å²) < 4.78 is 42.0. The fraction of sp³-hybridized carbons (Fsp3) is 0.545. The average molecular weight is 264 g/mol. The molecule has 0 aliphatic heterocycles. The van der Waals surface area contributed by atoms with Crippen LogP contribution in [0.15, 0.2) is 18.3 Å². The van der Waals surface area contributed by atoms with Gasteiger partial charge in [-0.25, -0.2) is 4.98 Å². The van der Waals surface area contributed by atoms with Crippen LogP contribution in [-0.4, -0.2) is 43.5 Å². The van der Waals surface area contributed by atoms with Gasteiger partial charge in [-0.15, -0.1) is 0 Å². The first-order valence-electron chi connectivity index (χ1n) is 5.37. The molecule has 0 amide bonds. The minimum atomic E-state index is -4.39. The molecule has 0 bridgehead atoms. The molecular formula is C11H15F3N2O2. The zero-order chi connectivity index (χ0) is 13.6. The van der Waals surface area contributed by atoms with E-state index in [1.165, 1.54) is 13.2 Å². The Bertz CT molecular complexity index is 354. The van der Waals surface area contributed by atoms with Crippen LogP contribution in [0.5, 0.6) is 0 Å². The number of rotatable bonds is 6. The number of alkyl halides is 3. The van der Waals surface area contributed by atoms with Gasteiger partial charge in [0.15, 0.2) is 0 Å². The molecule has 0 aliphatic rings. The lowest BCUT2D eigenvalue weighted by Crippen LogP contribution is -2.30. The average Bonchev–Trinajstić information content (AvgIpc) is 2.33. The largest absolute Gasteiger partial charge is 0.417 e. The van der Waals surface area contributed by atoms with E-state index >= 15 is 0 Å². The molecule has 1 N–H and O–H groups in total. The van der Waals surface area contributed by atoms with Crippen LogP contribution in [0.3, 0.4) is 0 Å². The van der Waals surface area contributed by atoms with Crippen LogP contribution in [0.4, 0.5) is 19.0 Å². The van der Waals surface area contributed by atoms with Crippen LogP contribution in [0.2, 0.25) is 0 Å². The van der Waals surface area contributed by atoms with Gasteiger partial charge in [-0.05, 0) is 12.1 Å². The lowest BCUT2D eigenvalue weighted by atomic mass is 10.2. The maximum atomic E-state index is 12.4. The Morgan fingerprint density at radius 3 is 2.50 bits per heavy atom. The molecule has 0 spiro atoms. The number of hydrogen-bond acceptors (Lipinski definition) is 4. The Balaban J connectivity index is 2.79. The van der Waals surface area contributed by atoms with E-state index < -0.39 is 11.7 Å². The van der Waals surface area contributed by atoms with E-state index in [-0.39, 0.29) is 6.61 Å². The number of pyridine rings is 1. The smallest absolute Gasteiger partial charge is 0.395 e. The third-order valence-electron chi connectivity index (χ3n) is 2.33. The van der Waals surface area contributed by atoms with Gasteiger partial charge in [0.1, 0.15) is 5.82 Å². The minimum Gasteiger partial charge on any atom is -0.395 e. The number of nitrogens with zero attached hydrogens (tertiary/aromatic N) is 2. The van der Waals surface area contributed by atoms with E-state index in [4.69, 9.17) is 9.84 Å². The Morgan fingerprint density at radius 2 is 2.06 bits per heavy atom. The van der Waals surface area contributed by atoms with Gasteiger partial charge >= 0.3 is 6.18 Å². The van der Waals surface area contributed by atoms with Crippen molar-refractivity contribution in [2.75, 3.05) is 38.3 Å². The highest BCUT2D eigenvalue weighted by Gasteiger charge is 2.30. The zero-order valence-electron chi connectivity index (χ0n) is 9.94. The topological polar surface area (TPSA) is 45.6 Å². The summed E-state index contributed by atoms with van der Waals surface area (Å²) in [6.45, 7) is 1.05. The van der Waals surface area contributed by atoms with Gasteiger partial charge in [0.2, 0.25) is 0 Å². The Morgan fingerprint density at radius 1 is 1.33 bits per heavy atom. The first kappa shape index (κ1) is 14.7. The molecule has 1 aromatic rings. The number of aliphatic hydroxyl groups is 1. The molecule has 1 rings (SSSR count). The highest BCUT2D eigenvalue weighted by atomic mass is 19.4. The summed E-state index contributed by atoms with van der Waals surface area (Å²) in [4.78, 5) is 5.41. The number of methoxy groups -OCH3 is 1. The predicted molar refractivity (Wildman–Crippen MR) is 60.4 cm³/mol. The maximum absolute atomic E-state index is 12.4. The van der Waals surface area contributed by atoms with E-state index in [2.05, 4.69) is 4.98 Å². The Hall–Kier alpha value is -1.34. The summed E-state index contributed by atoms with van der Waals surface area (Å²) >= 11 is 0. The lowest BCUT2D eigenvalue weighted by molar-refractivity contribution is -0.137. The molecule has 18 heavy (non-hydrogen) atoms. The van der Waals surface area contributed by atoms with Crippen LogP contribution in [0.25, 0.3) is 0 Å².